The van der Waals surface area contributed by atoms with Crippen LogP contribution in [0, 0.1) is 5.82 Å². The first kappa shape index (κ1) is 32.6. The number of methoxy groups -OCH3 is 3. The molecule has 4 rings (SSSR count). The first-order valence-corrected chi connectivity index (χ1v) is 14.6. The van der Waals surface area contributed by atoms with Gasteiger partial charge in [0.05, 0.1) is 32.3 Å². The minimum Gasteiger partial charge on any atom is -0.496 e. The first-order valence-electron chi connectivity index (χ1n) is 13.7. The number of ether oxygens (including phenoxy) is 3. The van der Waals surface area contributed by atoms with Crippen LogP contribution in [0.1, 0.15) is 22.8 Å². The largest absolute Gasteiger partial charge is 0.496 e. The van der Waals surface area contributed by atoms with Gasteiger partial charge in [0, 0.05) is 27.8 Å². The maximum absolute atomic E-state index is 13.9. The van der Waals surface area contributed by atoms with Crippen LogP contribution < -0.4 is 30.2 Å². The quantitative estimate of drug-likeness (QED) is 0.123. The minimum atomic E-state index is -0.589. The molecular formula is C34H32FN3O6S. The van der Waals surface area contributed by atoms with Gasteiger partial charge in [0.2, 0.25) is 5.91 Å². The fourth-order valence-corrected chi connectivity index (χ4v) is 5.00. The van der Waals surface area contributed by atoms with Crippen molar-refractivity contribution in [1.82, 2.24) is 5.32 Å². The Morgan fingerprint density at radius 1 is 0.778 bits per heavy atom. The third-order valence-electron chi connectivity index (χ3n) is 6.49. The number of benzene rings is 4. The average molecular weight is 630 g/mol. The van der Waals surface area contributed by atoms with Gasteiger partial charge in [-0.3, -0.25) is 14.4 Å². The lowest BCUT2D eigenvalue weighted by atomic mass is 10.1. The highest BCUT2D eigenvalue weighted by molar-refractivity contribution is 8.00. The minimum absolute atomic E-state index is 0.0498. The molecule has 0 aliphatic rings. The van der Waals surface area contributed by atoms with E-state index >= 15 is 0 Å². The van der Waals surface area contributed by atoms with Crippen LogP contribution in [0.2, 0.25) is 0 Å². The number of para-hydroxylation sites is 1. The third kappa shape index (κ3) is 8.64. The summed E-state index contributed by atoms with van der Waals surface area (Å²) in [7, 11) is 4.46. The predicted molar refractivity (Wildman–Crippen MR) is 173 cm³/mol. The van der Waals surface area contributed by atoms with Gasteiger partial charge in [-0.25, -0.2) is 4.39 Å². The molecule has 232 valence electrons. The summed E-state index contributed by atoms with van der Waals surface area (Å²) in [5.41, 5.74) is 1.34. The smallest absolute Gasteiger partial charge is 0.272 e. The number of carbonyl (C=O) groups excluding carboxylic acids is 3. The lowest BCUT2D eigenvalue weighted by Crippen LogP contribution is -2.30. The van der Waals surface area contributed by atoms with Gasteiger partial charge in [-0.2, -0.15) is 0 Å². The molecule has 0 fully saturated rings. The molecule has 0 aliphatic carbocycles. The fourth-order valence-electron chi connectivity index (χ4n) is 4.13. The Bertz CT molecular complexity index is 1700. The van der Waals surface area contributed by atoms with Gasteiger partial charge in [0.15, 0.2) is 11.5 Å². The molecule has 0 bridgehead atoms. The van der Waals surface area contributed by atoms with Crippen LogP contribution in [0.3, 0.4) is 0 Å². The van der Waals surface area contributed by atoms with Crippen molar-refractivity contribution in [3.63, 3.8) is 0 Å². The normalized spacial score (nSPS) is 11.6. The molecule has 3 amide bonds. The second-order valence-corrected chi connectivity index (χ2v) is 10.9. The fraction of sp³-hybridized carbons (Fsp3) is 0.147. The van der Waals surface area contributed by atoms with E-state index in [2.05, 4.69) is 16.0 Å². The molecule has 3 N–H and O–H groups in total. The highest BCUT2D eigenvalue weighted by Crippen LogP contribution is 2.35. The van der Waals surface area contributed by atoms with Gasteiger partial charge in [-0.15, -0.1) is 11.8 Å². The lowest BCUT2D eigenvalue weighted by molar-refractivity contribution is -0.115. The zero-order valence-electron chi connectivity index (χ0n) is 25.1. The monoisotopic (exact) mass is 629 g/mol. The van der Waals surface area contributed by atoms with E-state index < -0.39 is 22.9 Å². The summed E-state index contributed by atoms with van der Waals surface area (Å²) < 4.78 is 30.2. The van der Waals surface area contributed by atoms with E-state index in [-0.39, 0.29) is 17.3 Å². The molecule has 0 heterocycles. The Balaban J connectivity index is 1.53. The van der Waals surface area contributed by atoms with Gasteiger partial charge >= 0.3 is 0 Å². The summed E-state index contributed by atoms with van der Waals surface area (Å²) in [5.74, 6) is -0.703. The van der Waals surface area contributed by atoms with Gasteiger partial charge in [0.25, 0.3) is 11.8 Å². The SMILES string of the molecule is COc1cc(OC)c(OC)cc1/C=C(\NC(=O)c1ccccc1)C(=O)Nc1ccc(SC(C)C(=O)Nc2ccccc2F)cc1. The number of thioether (sulfide) groups is 1. The van der Waals surface area contributed by atoms with Crippen LogP contribution in [0.5, 0.6) is 17.2 Å². The summed E-state index contributed by atoms with van der Waals surface area (Å²) in [6.45, 7) is 1.71. The molecule has 0 aliphatic heterocycles. The summed E-state index contributed by atoms with van der Waals surface area (Å²) >= 11 is 1.28. The number of amides is 3. The highest BCUT2D eigenvalue weighted by Gasteiger charge is 2.19. The second-order valence-electron chi connectivity index (χ2n) is 9.53. The second kappa shape index (κ2) is 15.4. The molecule has 4 aromatic rings. The van der Waals surface area contributed by atoms with Crippen molar-refractivity contribution in [2.75, 3.05) is 32.0 Å². The molecule has 1 atom stereocenters. The van der Waals surface area contributed by atoms with Gasteiger partial charge in [0.1, 0.15) is 17.3 Å². The molecular weight excluding hydrogens is 597 g/mol. The number of carbonyl (C=O) groups is 3. The van der Waals surface area contributed by atoms with Crippen LogP contribution in [0.25, 0.3) is 6.08 Å². The summed E-state index contributed by atoms with van der Waals surface area (Å²) in [6.07, 6.45) is 1.48. The zero-order valence-corrected chi connectivity index (χ0v) is 25.9. The van der Waals surface area contributed by atoms with Crippen molar-refractivity contribution in [2.24, 2.45) is 0 Å². The predicted octanol–water partition coefficient (Wildman–Crippen LogP) is 6.38. The maximum atomic E-state index is 13.9. The van der Waals surface area contributed by atoms with E-state index in [1.165, 1.54) is 51.3 Å². The van der Waals surface area contributed by atoms with Crippen LogP contribution >= 0.6 is 11.8 Å². The number of hydrogen-bond donors (Lipinski definition) is 3. The van der Waals surface area contributed by atoms with Crippen molar-refractivity contribution in [1.29, 1.82) is 0 Å². The average Bonchev–Trinajstić information content (AvgIpc) is 3.06. The molecule has 9 nitrogen and oxygen atoms in total. The van der Waals surface area contributed by atoms with Crippen LogP contribution in [0.4, 0.5) is 15.8 Å². The number of hydrogen-bond acceptors (Lipinski definition) is 7. The van der Waals surface area contributed by atoms with Gasteiger partial charge in [-0.1, -0.05) is 30.3 Å². The molecule has 4 aromatic carbocycles. The molecule has 0 radical (unpaired) electrons. The standard InChI is InChI=1S/C34H32FN3O6S/c1-21(32(39)37-27-13-9-8-12-26(27)35)45-25-16-14-24(15-17-25)36-34(41)28(38-33(40)22-10-6-5-7-11-22)18-23-19-30(43-3)31(44-4)20-29(23)42-2/h5-21H,1-4H3,(H,36,41)(H,37,39)(H,38,40)/b28-18-. The number of nitrogens with one attached hydrogen (secondary N) is 3. The molecule has 45 heavy (non-hydrogen) atoms. The van der Waals surface area contributed by atoms with Crippen LogP contribution in [-0.2, 0) is 9.59 Å². The number of rotatable bonds is 12. The van der Waals surface area contributed by atoms with Crippen molar-refractivity contribution in [3.05, 3.63) is 114 Å². The Kier molecular flexibility index (Phi) is 11.2. The topological polar surface area (TPSA) is 115 Å². The Hall–Kier alpha value is -5.29. The Morgan fingerprint density at radius 3 is 2.04 bits per heavy atom. The summed E-state index contributed by atoms with van der Waals surface area (Å²) in [4.78, 5) is 39.9. The van der Waals surface area contributed by atoms with E-state index in [4.69, 9.17) is 14.2 Å². The molecule has 0 saturated carbocycles. The Labute approximate surface area is 264 Å². The van der Waals surface area contributed by atoms with Crippen molar-refractivity contribution >= 4 is 46.9 Å². The molecule has 11 heteroatoms. The van der Waals surface area contributed by atoms with E-state index in [1.54, 1.807) is 85.8 Å². The van der Waals surface area contributed by atoms with Crippen molar-refractivity contribution in [2.45, 2.75) is 17.1 Å². The zero-order chi connectivity index (χ0) is 32.3. The van der Waals surface area contributed by atoms with E-state index in [0.717, 1.165) is 4.90 Å². The number of halogens is 1. The molecule has 0 aromatic heterocycles. The first-order chi connectivity index (χ1) is 21.7. The Morgan fingerprint density at radius 2 is 1.40 bits per heavy atom. The lowest BCUT2D eigenvalue weighted by Gasteiger charge is -2.15. The van der Waals surface area contributed by atoms with Gasteiger partial charge < -0.3 is 30.2 Å². The van der Waals surface area contributed by atoms with Crippen molar-refractivity contribution in [3.8, 4) is 17.2 Å². The molecule has 1 unspecified atom stereocenters. The van der Waals surface area contributed by atoms with Crippen LogP contribution in [0.15, 0.2) is 102 Å². The summed E-state index contributed by atoms with van der Waals surface area (Å²) in [5, 5.41) is 7.57. The van der Waals surface area contributed by atoms with E-state index in [9.17, 15) is 18.8 Å². The summed E-state index contributed by atoms with van der Waals surface area (Å²) in [6, 6.07) is 24.6. The maximum Gasteiger partial charge on any atom is 0.272 e. The molecule has 0 saturated heterocycles. The molecule has 0 spiro atoms. The van der Waals surface area contributed by atoms with Crippen LogP contribution in [-0.4, -0.2) is 44.3 Å². The van der Waals surface area contributed by atoms with E-state index in [1.807, 2.05) is 0 Å². The third-order valence-corrected chi connectivity index (χ3v) is 7.60. The van der Waals surface area contributed by atoms with Gasteiger partial charge in [-0.05, 0) is 67.6 Å². The highest BCUT2D eigenvalue weighted by atomic mass is 32.2. The number of anilines is 2. The van der Waals surface area contributed by atoms with E-state index in [0.29, 0.717) is 34.1 Å². The van der Waals surface area contributed by atoms with Crippen molar-refractivity contribution < 1.29 is 33.0 Å².